The van der Waals surface area contributed by atoms with Crippen molar-refractivity contribution in [3.8, 4) is 0 Å². The molecule has 50 valence electrons. The standard InChI is InChI=1S/C2HN4OS.Na.H2O/c7-1-6-2(8)3-4-5-6;;/h(H,3,5,8);;1H2/q-1;+1;/p-1. The van der Waals surface area contributed by atoms with Crippen LogP contribution in [-0.2, 0) is 4.79 Å². The third kappa shape index (κ3) is 2.67. The molecule has 0 unspecified atom stereocenters. The van der Waals surface area contributed by atoms with Gasteiger partial charge in [0.05, 0.1) is 11.2 Å². The maximum Gasteiger partial charge on any atom is 1.00 e. The van der Waals surface area contributed by atoms with Gasteiger partial charge in [-0.25, -0.2) is 5.21 Å². The fraction of sp³-hybridized carbons (Fsp3) is 0. The summed E-state index contributed by atoms with van der Waals surface area (Å²) in [7, 11) is 0. The quantitative estimate of drug-likeness (QED) is 0.200. The second-order valence-electron chi connectivity index (χ2n) is 1.01. The van der Waals surface area contributed by atoms with Crippen LogP contribution >= 0.6 is 12.2 Å². The summed E-state index contributed by atoms with van der Waals surface area (Å²) in [6.07, 6.45) is 1.46. The first-order chi connectivity index (χ1) is 3.84. The maximum absolute atomic E-state index is 9.75. The zero-order chi connectivity index (χ0) is 5.98. The van der Waals surface area contributed by atoms with E-state index in [1.165, 1.54) is 6.41 Å². The second kappa shape index (κ2) is 5.69. The molecule has 2 N–H and O–H groups in total. The molecule has 1 rings (SSSR count). The van der Waals surface area contributed by atoms with Crippen LogP contribution in [0, 0.1) is 4.77 Å². The van der Waals surface area contributed by atoms with E-state index in [9.17, 15) is 4.79 Å². The molecule has 8 heteroatoms. The molecular formula is C2H2N4NaO2S-. The summed E-state index contributed by atoms with van der Waals surface area (Å²) in [6, 6.07) is 0. The van der Waals surface area contributed by atoms with Crippen LogP contribution in [0.5, 0.6) is 0 Å². The first kappa shape index (κ1) is 12.6. The van der Waals surface area contributed by atoms with Gasteiger partial charge in [-0.1, -0.05) is 5.21 Å². The van der Waals surface area contributed by atoms with E-state index in [-0.39, 0.29) is 39.8 Å². The molecule has 1 aromatic heterocycles. The van der Waals surface area contributed by atoms with Crippen LogP contribution in [-0.4, -0.2) is 32.1 Å². The van der Waals surface area contributed by atoms with Gasteiger partial charge in [-0.05, 0) is 0 Å². The van der Waals surface area contributed by atoms with Crippen molar-refractivity contribution in [3.05, 3.63) is 4.77 Å². The number of nitrogens with zero attached hydrogens (tertiary/aromatic N) is 3. The van der Waals surface area contributed by atoms with Crippen LogP contribution in [0.25, 0.3) is 0 Å². The first-order valence-corrected chi connectivity index (χ1v) is 2.13. The van der Waals surface area contributed by atoms with Gasteiger partial charge < -0.3 is 15.0 Å². The molecule has 0 atom stereocenters. The van der Waals surface area contributed by atoms with Crippen LogP contribution < -0.4 is 29.6 Å². The minimum atomic E-state index is 0. The summed E-state index contributed by atoms with van der Waals surface area (Å²) >= 11 is 4.48. The molecule has 0 radical (unpaired) electrons. The summed E-state index contributed by atoms with van der Waals surface area (Å²) in [4.78, 5) is 9.75. The Morgan fingerprint density at radius 3 is 2.50 bits per heavy atom. The summed E-state index contributed by atoms with van der Waals surface area (Å²) in [5, 5.41) is 8.69. The molecule has 0 aliphatic rings. The Kier molecular flexibility index (Phi) is 7.15. The van der Waals surface area contributed by atoms with Gasteiger partial charge in [-0.3, -0.25) is 0 Å². The van der Waals surface area contributed by atoms with Gasteiger partial charge in [0.1, 0.15) is 0 Å². The molecule has 0 spiro atoms. The Hall–Kier alpha value is -0.0800. The van der Waals surface area contributed by atoms with Crippen LogP contribution in [0.15, 0.2) is 0 Å². The van der Waals surface area contributed by atoms with Crippen molar-refractivity contribution in [2.24, 2.45) is 0 Å². The molecule has 0 saturated heterocycles. The number of aromatic amines is 1. The molecular weight excluding hydrogens is 167 g/mol. The molecule has 0 aliphatic heterocycles. The summed E-state index contributed by atoms with van der Waals surface area (Å²) in [5.41, 5.74) is 0. The number of H-pyrrole nitrogens is 1. The summed E-state index contributed by atoms with van der Waals surface area (Å²) in [5.74, 6) is 0. The number of hydrogen-bond donors (Lipinski definition) is 1. The monoisotopic (exact) mass is 169 g/mol. The zero-order valence-corrected chi connectivity index (χ0v) is 7.92. The molecule has 0 fully saturated rings. The summed E-state index contributed by atoms with van der Waals surface area (Å²) < 4.78 is 0.954. The van der Waals surface area contributed by atoms with Gasteiger partial charge in [-0.15, -0.1) is 0 Å². The maximum atomic E-state index is 9.75. The minimum absolute atomic E-state index is 0. The van der Waals surface area contributed by atoms with Gasteiger partial charge in [0.15, 0.2) is 0 Å². The Morgan fingerprint density at radius 1 is 1.70 bits per heavy atom. The van der Waals surface area contributed by atoms with E-state index >= 15 is 0 Å². The fourth-order valence-electron chi connectivity index (χ4n) is 0.257. The van der Waals surface area contributed by atoms with E-state index in [4.69, 9.17) is 0 Å². The van der Waals surface area contributed by atoms with Crippen molar-refractivity contribution in [1.29, 1.82) is 0 Å². The van der Waals surface area contributed by atoms with E-state index in [1.807, 2.05) is 0 Å². The topological polar surface area (TPSA) is 93.6 Å². The van der Waals surface area contributed by atoms with Gasteiger partial charge in [0.25, 0.3) is 0 Å². The van der Waals surface area contributed by atoms with E-state index in [1.54, 1.807) is 0 Å². The number of aromatic nitrogens is 4. The molecule has 10 heavy (non-hydrogen) atoms. The minimum Gasteiger partial charge on any atom is -0.870 e. The number of carbonyl (C=O) groups excluding carboxylic acids is 1. The predicted molar refractivity (Wildman–Crippen MR) is 28.2 cm³/mol. The van der Waals surface area contributed by atoms with Crippen molar-refractivity contribution in [3.63, 3.8) is 0 Å². The normalized spacial score (nSPS) is 7.20. The molecule has 0 aliphatic carbocycles. The Morgan fingerprint density at radius 2 is 2.30 bits per heavy atom. The molecule has 0 amide bonds. The Labute approximate surface area is 83.2 Å². The van der Waals surface area contributed by atoms with Crippen molar-refractivity contribution in [2.45, 2.75) is 0 Å². The van der Waals surface area contributed by atoms with Gasteiger partial charge in [-0.2, -0.15) is 17.3 Å². The van der Waals surface area contributed by atoms with Crippen molar-refractivity contribution in [1.82, 2.24) is 20.2 Å². The average molecular weight is 169 g/mol. The summed E-state index contributed by atoms with van der Waals surface area (Å²) in [6.45, 7) is 0. The molecule has 0 bridgehead atoms. The van der Waals surface area contributed by atoms with Gasteiger partial charge in [0, 0.05) is 0 Å². The van der Waals surface area contributed by atoms with Crippen molar-refractivity contribution in [2.75, 3.05) is 0 Å². The predicted octanol–water partition coefficient (Wildman–Crippen LogP) is -3.92. The zero-order valence-electron chi connectivity index (χ0n) is 5.11. The van der Waals surface area contributed by atoms with E-state index in [0.29, 0.717) is 0 Å². The van der Waals surface area contributed by atoms with E-state index < -0.39 is 0 Å². The van der Waals surface area contributed by atoms with Gasteiger partial charge >= 0.3 is 29.6 Å². The second-order valence-corrected chi connectivity index (χ2v) is 1.37. The van der Waals surface area contributed by atoms with Crippen LogP contribution in [0.4, 0.5) is 0 Å². The Balaban J connectivity index is 0. The number of tetrazole rings is 1. The third-order valence-corrected chi connectivity index (χ3v) is 0.827. The van der Waals surface area contributed by atoms with E-state index in [0.717, 1.165) is 4.68 Å². The third-order valence-electron chi connectivity index (χ3n) is 0.563. The van der Waals surface area contributed by atoms with Crippen LogP contribution in [0.1, 0.15) is 0 Å². The van der Waals surface area contributed by atoms with Gasteiger partial charge in [0.2, 0.25) is 0 Å². The smallest absolute Gasteiger partial charge is 0.870 e. The van der Waals surface area contributed by atoms with Crippen LogP contribution in [0.2, 0.25) is 0 Å². The molecule has 1 heterocycles. The van der Waals surface area contributed by atoms with E-state index in [2.05, 4.69) is 27.7 Å². The van der Waals surface area contributed by atoms with Crippen molar-refractivity contribution < 1.29 is 39.8 Å². The number of rotatable bonds is 1. The first-order valence-electron chi connectivity index (χ1n) is 1.73. The average Bonchev–Trinajstić information content (AvgIpc) is 2.14. The van der Waals surface area contributed by atoms with Crippen LogP contribution in [0.3, 0.4) is 0 Å². The molecule has 1 aromatic rings. The fourth-order valence-corrected chi connectivity index (χ4v) is 0.376. The van der Waals surface area contributed by atoms with Crippen molar-refractivity contribution >= 4 is 18.6 Å². The number of nitrogens with one attached hydrogen (secondary N) is 1. The molecule has 0 saturated carbocycles. The molecule has 6 nitrogen and oxygen atoms in total. The Bertz CT molecular complexity index is 243. The molecule has 0 aromatic carbocycles. The SMILES string of the molecule is O=[C-]n1[nH]nnc1=S.[Na+].[OH-]. The number of hydrogen-bond acceptors (Lipinski definition) is 5. The largest absolute Gasteiger partial charge is 1.00 e.